The van der Waals surface area contributed by atoms with E-state index in [4.69, 9.17) is 4.74 Å². The van der Waals surface area contributed by atoms with Gasteiger partial charge in [-0.05, 0) is 104 Å². The molecule has 7 atom stereocenters. The molecule has 0 aliphatic heterocycles. The molecule has 0 radical (unpaired) electrons. The van der Waals surface area contributed by atoms with E-state index in [1.165, 1.54) is 63.9 Å². The summed E-state index contributed by atoms with van der Waals surface area (Å²) in [6, 6.07) is 0. The van der Waals surface area contributed by atoms with Gasteiger partial charge in [0.25, 0.3) is 0 Å². The van der Waals surface area contributed by atoms with Crippen molar-refractivity contribution in [1.29, 1.82) is 0 Å². The molecule has 0 heterocycles. The second kappa shape index (κ2) is 8.81. The number of ether oxygens (including phenoxy) is 1. The summed E-state index contributed by atoms with van der Waals surface area (Å²) in [5.74, 6) is 4.84. The normalized spacial score (nSPS) is 41.6. The standard InChI is InChI=1S/C32H52O2/c1-21(2)11-10-12-22(3)24-15-19-31(8)25(24)13-14-27-30(7)18-17-28(34-23(4)33)29(5,6)26(30)16-20-32(27,31)9/h16-17,21-22,24-25,27H,10-15,18-20H2,1-9H3/t22-,24-,25+,27?,30+,31+,32-/m1/s1. The van der Waals surface area contributed by atoms with Crippen LogP contribution in [0.5, 0.6) is 0 Å². The van der Waals surface area contributed by atoms with Gasteiger partial charge >= 0.3 is 5.97 Å². The van der Waals surface area contributed by atoms with Gasteiger partial charge in [-0.3, -0.25) is 4.79 Å². The second-order valence-corrected chi connectivity index (χ2v) is 14.3. The Bertz CT molecular complexity index is 862. The molecule has 0 spiro atoms. The van der Waals surface area contributed by atoms with E-state index < -0.39 is 0 Å². The van der Waals surface area contributed by atoms with Crippen molar-refractivity contribution in [2.45, 2.75) is 120 Å². The first-order valence-corrected chi connectivity index (χ1v) is 14.4. The molecule has 0 saturated heterocycles. The lowest BCUT2D eigenvalue weighted by Crippen LogP contribution is -2.58. The number of fused-ring (bicyclic) bond motifs is 5. The van der Waals surface area contributed by atoms with Crippen molar-refractivity contribution in [1.82, 2.24) is 0 Å². The minimum atomic E-state index is -0.207. The predicted molar refractivity (Wildman–Crippen MR) is 142 cm³/mol. The Morgan fingerprint density at radius 1 is 0.971 bits per heavy atom. The Kier molecular flexibility index (Phi) is 6.74. The Labute approximate surface area is 210 Å². The van der Waals surface area contributed by atoms with Crippen molar-refractivity contribution >= 4 is 5.97 Å². The molecular formula is C32H52O2. The largest absolute Gasteiger partial charge is 0.431 e. The van der Waals surface area contributed by atoms with Gasteiger partial charge in [0.2, 0.25) is 0 Å². The number of carbonyl (C=O) groups excluding carboxylic acids is 1. The van der Waals surface area contributed by atoms with Gasteiger partial charge in [0.05, 0.1) is 0 Å². The van der Waals surface area contributed by atoms with Gasteiger partial charge in [-0.25, -0.2) is 0 Å². The Morgan fingerprint density at radius 2 is 1.68 bits per heavy atom. The van der Waals surface area contributed by atoms with E-state index in [0.717, 1.165) is 35.9 Å². The van der Waals surface area contributed by atoms with E-state index in [-0.39, 0.29) is 16.8 Å². The fourth-order valence-corrected chi connectivity index (χ4v) is 9.74. The van der Waals surface area contributed by atoms with E-state index >= 15 is 0 Å². The van der Waals surface area contributed by atoms with Crippen molar-refractivity contribution in [2.75, 3.05) is 0 Å². The average Bonchev–Trinajstić information content (AvgIpc) is 3.08. The summed E-state index contributed by atoms with van der Waals surface area (Å²) in [5.41, 5.74) is 2.27. The molecule has 2 nitrogen and oxygen atoms in total. The molecule has 2 saturated carbocycles. The number of esters is 1. The first-order chi connectivity index (χ1) is 15.8. The Hall–Kier alpha value is -1.05. The molecule has 4 aliphatic carbocycles. The molecule has 4 rings (SSSR count). The maximum Gasteiger partial charge on any atom is 0.307 e. The van der Waals surface area contributed by atoms with Crippen molar-refractivity contribution in [2.24, 2.45) is 51.2 Å². The monoisotopic (exact) mass is 468 g/mol. The van der Waals surface area contributed by atoms with Crippen molar-refractivity contribution in [3.05, 3.63) is 23.5 Å². The average molecular weight is 469 g/mol. The van der Waals surface area contributed by atoms with Crippen LogP contribution in [-0.2, 0) is 9.53 Å². The highest BCUT2D eigenvalue weighted by Crippen LogP contribution is 2.74. The van der Waals surface area contributed by atoms with Gasteiger partial charge in [0, 0.05) is 12.3 Å². The SMILES string of the molecule is CC(=O)OC1=CC[C@@]2(C)C(=CC[C@]3(C)C2CC[C@H]2[C@@H]([C@H](C)CCCC(C)C)CC[C@@]23C)C1(C)C. The summed E-state index contributed by atoms with van der Waals surface area (Å²) in [7, 11) is 0. The minimum absolute atomic E-state index is 0.162. The minimum Gasteiger partial charge on any atom is -0.431 e. The van der Waals surface area contributed by atoms with Crippen LogP contribution >= 0.6 is 0 Å². The summed E-state index contributed by atoms with van der Waals surface area (Å²) in [5, 5.41) is 0. The van der Waals surface area contributed by atoms with Gasteiger partial charge in [-0.2, -0.15) is 0 Å². The number of carbonyl (C=O) groups is 1. The highest BCUT2D eigenvalue weighted by atomic mass is 16.5. The lowest BCUT2D eigenvalue weighted by atomic mass is 9.39. The third-order valence-corrected chi connectivity index (χ3v) is 11.7. The molecule has 2 fully saturated rings. The molecule has 0 aromatic heterocycles. The summed E-state index contributed by atoms with van der Waals surface area (Å²) < 4.78 is 5.72. The summed E-state index contributed by atoms with van der Waals surface area (Å²) >= 11 is 0. The van der Waals surface area contributed by atoms with Crippen molar-refractivity contribution < 1.29 is 9.53 Å². The lowest BCUT2D eigenvalue weighted by molar-refractivity contribution is -0.141. The third-order valence-electron chi connectivity index (χ3n) is 11.7. The van der Waals surface area contributed by atoms with Gasteiger partial charge in [0.1, 0.15) is 5.76 Å². The molecule has 0 amide bonds. The lowest BCUT2D eigenvalue weighted by Gasteiger charge is -2.66. The smallest absolute Gasteiger partial charge is 0.307 e. The van der Waals surface area contributed by atoms with Crippen LogP contribution in [0.4, 0.5) is 0 Å². The van der Waals surface area contributed by atoms with Crippen LogP contribution in [0, 0.1) is 51.2 Å². The summed E-state index contributed by atoms with van der Waals surface area (Å²) in [6.45, 7) is 21.2. The van der Waals surface area contributed by atoms with E-state index in [2.05, 4.69) is 67.5 Å². The zero-order valence-electron chi connectivity index (χ0n) is 23.7. The van der Waals surface area contributed by atoms with Crippen LogP contribution in [-0.4, -0.2) is 5.97 Å². The second-order valence-electron chi connectivity index (χ2n) is 14.3. The van der Waals surface area contributed by atoms with Crippen LogP contribution in [0.2, 0.25) is 0 Å². The molecule has 0 aromatic carbocycles. The number of hydrogen-bond acceptors (Lipinski definition) is 2. The van der Waals surface area contributed by atoms with Crippen LogP contribution in [0.15, 0.2) is 23.5 Å². The summed E-state index contributed by atoms with van der Waals surface area (Å²) in [6.07, 6.45) is 16.8. The molecule has 4 aliphatic rings. The molecule has 192 valence electrons. The van der Waals surface area contributed by atoms with Crippen LogP contribution < -0.4 is 0 Å². The first-order valence-electron chi connectivity index (χ1n) is 14.4. The quantitative estimate of drug-likeness (QED) is 0.287. The van der Waals surface area contributed by atoms with Crippen molar-refractivity contribution in [3.8, 4) is 0 Å². The zero-order chi connectivity index (χ0) is 25.1. The van der Waals surface area contributed by atoms with E-state index in [9.17, 15) is 4.79 Å². The molecule has 0 bridgehead atoms. The maximum atomic E-state index is 11.8. The molecule has 34 heavy (non-hydrogen) atoms. The van der Waals surface area contributed by atoms with E-state index in [0.29, 0.717) is 16.7 Å². The predicted octanol–water partition coefficient (Wildman–Crippen LogP) is 9.11. The molecular weight excluding hydrogens is 416 g/mol. The highest BCUT2D eigenvalue weighted by molar-refractivity contribution is 5.68. The van der Waals surface area contributed by atoms with E-state index in [1.54, 1.807) is 0 Å². The van der Waals surface area contributed by atoms with Gasteiger partial charge < -0.3 is 4.74 Å². The van der Waals surface area contributed by atoms with Crippen molar-refractivity contribution in [3.63, 3.8) is 0 Å². The molecule has 2 heteroatoms. The summed E-state index contributed by atoms with van der Waals surface area (Å²) in [4.78, 5) is 11.8. The van der Waals surface area contributed by atoms with Gasteiger partial charge in [0.15, 0.2) is 0 Å². The third kappa shape index (κ3) is 3.85. The molecule has 0 N–H and O–H groups in total. The number of rotatable bonds is 6. The fraction of sp³-hybridized carbons (Fsp3) is 0.844. The molecule has 1 unspecified atom stereocenters. The Balaban J connectivity index is 1.61. The van der Waals surface area contributed by atoms with Gasteiger partial charge in [-0.1, -0.05) is 72.5 Å². The maximum absolute atomic E-state index is 11.8. The zero-order valence-corrected chi connectivity index (χ0v) is 23.7. The highest BCUT2D eigenvalue weighted by Gasteiger charge is 2.66. The number of hydrogen-bond donors (Lipinski definition) is 0. The van der Waals surface area contributed by atoms with Crippen LogP contribution in [0.3, 0.4) is 0 Å². The van der Waals surface area contributed by atoms with Gasteiger partial charge in [-0.15, -0.1) is 0 Å². The van der Waals surface area contributed by atoms with E-state index in [1.807, 2.05) is 0 Å². The Morgan fingerprint density at radius 3 is 2.32 bits per heavy atom. The van der Waals surface area contributed by atoms with Crippen LogP contribution in [0.1, 0.15) is 120 Å². The molecule has 0 aromatic rings. The first kappa shape index (κ1) is 26.0. The van der Waals surface area contributed by atoms with Crippen LogP contribution in [0.25, 0.3) is 0 Å². The number of allylic oxidation sites excluding steroid dienone is 3. The fourth-order valence-electron chi connectivity index (χ4n) is 9.74. The topological polar surface area (TPSA) is 26.3 Å².